The zero-order chi connectivity index (χ0) is 33.4. The minimum atomic E-state index is -4.62. The van der Waals surface area contributed by atoms with Crippen LogP contribution in [-0.4, -0.2) is 77.7 Å². The molecule has 1 atom stereocenters. The molecule has 0 aromatic heterocycles. The molecular weight excluding hydrogens is 598 g/mol. The van der Waals surface area contributed by atoms with E-state index in [0.717, 1.165) is 51.4 Å². The summed E-state index contributed by atoms with van der Waals surface area (Å²) in [5.74, 6) is -2.65. The summed E-state index contributed by atoms with van der Waals surface area (Å²) in [6, 6.07) is 0. The Kier molecular flexibility index (Phi) is 20.9. The Morgan fingerprint density at radius 3 is 1.10 bits per heavy atom. The number of aldehydes is 1. The quantitative estimate of drug-likeness (QED) is 0.0469. The van der Waals surface area contributed by atoms with E-state index >= 15 is 0 Å². The maximum absolute atomic E-state index is 11.2. The van der Waals surface area contributed by atoms with Gasteiger partial charge in [0.25, 0.3) is 10.1 Å². The first-order valence-electron chi connectivity index (χ1n) is 11.4. The number of hydrogen-bond acceptors (Lipinski definition) is 9. The Bertz CT molecular complexity index is 1080. The molecule has 16 nitrogen and oxygen atoms in total. The Labute approximate surface area is 247 Å². The van der Waals surface area contributed by atoms with E-state index in [1.165, 1.54) is 0 Å². The second-order valence-corrected chi connectivity index (χ2v) is 12.8. The zero-order valence-electron chi connectivity index (χ0n) is 24.5. The summed E-state index contributed by atoms with van der Waals surface area (Å²) in [6.45, 7) is 23.1. The minimum absolute atomic E-state index is 0. The molecule has 0 bridgehead atoms. The van der Waals surface area contributed by atoms with Gasteiger partial charge in [0.2, 0.25) is 33.7 Å². The van der Waals surface area contributed by atoms with Crippen LogP contribution >= 0.6 is 0 Å². The molecule has 42 heavy (non-hydrogen) atoms. The van der Waals surface area contributed by atoms with Crippen LogP contribution in [0.4, 0.5) is 0 Å². The lowest BCUT2D eigenvalue weighted by atomic mass is 10.1. The highest BCUT2D eigenvalue weighted by Crippen LogP contribution is 2.19. The standard InChI is InChI=1S/C10H16N2O5S.C10H15N2O5S.C4H8O.H3N/c2*1-5-7(13)11-9(12-8(14)6-2)10(3,4)18(15,16)17;1-4(2)3-5;/h5-6,9H,1-2H2,3-4H3,(H,11,13)(H,12,14)(H,15,16,17);5-6,9H,1-3H2,4H3,(H,11,13)(H,12,14)(H,15,16,17);3-4H,1-2H3;1H3/q;-1;;/p+1. The van der Waals surface area contributed by atoms with Crippen LogP contribution in [0.25, 0.3) is 0 Å². The molecule has 1 unspecified atom stereocenters. The van der Waals surface area contributed by atoms with E-state index in [4.69, 9.17) is 9.11 Å². The molecular formula is C24H43N5O11S2. The normalized spacial score (nSPS) is 12.3. The molecule has 242 valence electrons. The first-order valence-corrected chi connectivity index (χ1v) is 14.2. The fourth-order valence-corrected chi connectivity index (χ4v) is 2.66. The molecule has 0 aromatic rings. The summed E-state index contributed by atoms with van der Waals surface area (Å²) in [7, 11) is -9.13. The van der Waals surface area contributed by atoms with E-state index in [1.807, 2.05) is 13.8 Å². The van der Waals surface area contributed by atoms with E-state index < -0.39 is 65.7 Å². The van der Waals surface area contributed by atoms with Gasteiger partial charge in [-0.25, -0.2) is 8.42 Å². The number of hydrogen-bond donors (Lipinski definition) is 7. The molecule has 0 aliphatic heterocycles. The van der Waals surface area contributed by atoms with Crippen LogP contribution in [0, 0.1) is 12.8 Å². The number of amides is 4. The molecule has 0 saturated heterocycles. The Hall–Kier alpha value is -3.71. The highest BCUT2D eigenvalue weighted by molar-refractivity contribution is 7.87. The van der Waals surface area contributed by atoms with E-state index in [-0.39, 0.29) is 12.1 Å². The van der Waals surface area contributed by atoms with Crippen molar-refractivity contribution in [3.63, 3.8) is 0 Å². The second-order valence-electron chi connectivity index (χ2n) is 8.96. The van der Waals surface area contributed by atoms with Crippen LogP contribution in [-0.2, 0) is 44.2 Å². The van der Waals surface area contributed by atoms with Gasteiger partial charge < -0.3 is 39.1 Å². The molecule has 0 rings (SSSR count). The largest absolute Gasteiger partial charge is 0.369 e. The van der Waals surface area contributed by atoms with E-state index in [2.05, 4.69) is 54.5 Å². The summed E-state index contributed by atoms with van der Waals surface area (Å²) in [6.07, 6.45) is 1.73. The van der Waals surface area contributed by atoms with Gasteiger partial charge in [-0.2, -0.15) is 8.42 Å². The Morgan fingerprint density at radius 2 is 0.929 bits per heavy atom. The number of nitrogens with one attached hydrogen (secondary N) is 4. The fourth-order valence-electron chi connectivity index (χ4n) is 1.83. The molecule has 0 fully saturated rings. The number of rotatable bonds is 13. The van der Waals surface area contributed by atoms with Crippen molar-refractivity contribution in [3.8, 4) is 0 Å². The summed E-state index contributed by atoms with van der Waals surface area (Å²) >= 11 is 0. The van der Waals surface area contributed by atoms with Crippen molar-refractivity contribution in [2.45, 2.75) is 56.4 Å². The molecule has 0 heterocycles. The maximum Gasteiger partial charge on any atom is 0.274 e. The SMILES string of the molecule is C=CC(=O)NC(NC(=O)C=C)C(C)(C)S(=O)(=O)O.C=CC(=O)NC(NC(=O)C=C)C([CH2-])(C)S(=O)(=O)O.CC(C)C=O.[NH4+]. The van der Waals surface area contributed by atoms with Crippen LogP contribution in [0.1, 0.15) is 34.6 Å². The van der Waals surface area contributed by atoms with E-state index in [1.54, 1.807) is 0 Å². The molecule has 0 aliphatic rings. The predicted molar refractivity (Wildman–Crippen MR) is 159 cm³/mol. The first kappa shape index (κ1) is 45.3. The van der Waals surface area contributed by atoms with Crippen LogP contribution in [0.2, 0.25) is 0 Å². The average molecular weight is 642 g/mol. The molecule has 0 radical (unpaired) electrons. The minimum Gasteiger partial charge on any atom is -0.369 e. The lowest BCUT2D eigenvalue weighted by molar-refractivity contribution is -0.121. The summed E-state index contributed by atoms with van der Waals surface area (Å²) in [4.78, 5) is 54.2. The third-order valence-corrected chi connectivity index (χ3v) is 7.70. The predicted octanol–water partition coefficient (Wildman–Crippen LogP) is 0.198. The molecule has 0 aliphatic carbocycles. The monoisotopic (exact) mass is 641 g/mol. The Morgan fingerprint density at radius 1 is 0.690 bits per heavy atom. The molecule has 18 heteroatoms. The van der Waals surface area contributed by atoms with Gasteiger partial charge in [-0.1, -0.05) is 47.1 Å². The van der Waals surface area contributed by atoms with Crippen molar-refractivity contribution in [1.82, 2.24) is 27.4 Å². The van der Waals surface area contributed by atoms with E-state index in [0.29, 0.717) is 0 Å². The van der Waals surface area contributed by atoms with Crippen molar-refractivity contribution in [1.29, 1.82) is 0 Å². The van der Waals surface area contributed by atoms with Crippen LogP contribution in [0.15, 0.2) is 50.6 Å². The molecule has 0 saturated carbocycles. The third kappa shape index (κ3) is 16.5. The Balaban J connectivity index is -0.000000290. The summed E-state index contributed by atoms with van der Waals surface area (Å²) < 4.78 is 59.1. The molecule has 4 amide bonds. The van der Waals surface area contributed by atoms with Gasteiger partial charge in [0.15, 0.2) is 0 Å². The van der Waals surface area contributed by atoms with Gasteiger partial charge >= 0.3 is 0 Å². The van der Waals surface area contributed by atoms with E-state index in [9.17, 15) is 40.8 Å². The van der Waals surface area contributed by atoms with Gasteiger partial charge in [0, 0.05) is 10.7 Å². The van der Waals surface area contributed by atoms with Crippen molar-refractivity contribution in [2.75, 3.05) is 0 Å². The van der Waals surface area contributed by atoms with Crippen molar-refractivity contribution in [2.24, 2.45) is 5.92 Å². The topological polar surface area (TPSA) is 279 Å². The zero-order valence-corrected chi connectivity index (χ0v) is 26.2. The first-order chi connectivity index (χ1) is 18.4. The molecule has 0 spiro atoms. The fraction of sp³-hybridized carbons (Fsp3) is 0.417. The van der Waals surface area contributed by atoms with Gasteiger partial charge in [-0.05, 0) is 38.2 Å². The number of quaternary nitrogens is 1. The van der Waals surface area contributed by atoms with Crippen molar-refractivity contribution in [3.05, 3.63) is 57.5 Å². The van der Waals surface area contributed by atoms with Gasteiger partial charge in [-0.15, -0.1) is 0 Å². The highest BCUT2D eigenvalue weighted by Gasteiger charge is 2.42. The van der Waals surface area contributed by atoms with Crippen molar-refractivity contribution < 1.29 is 49.9 Å². The van der Waals surface area contributed by atoms with Crippen LogP contribution in [0.3, 0.4) is 0 Å². The maximum atomic E-state index is 11.2. The second kappa shape index (κ2) is 19.4. The lowest BCUT2D eigenvalue weighted by Gasteiger charge is -2.37. The number of carbonyl (C=O) groups excluding carboxylic acids is 5. The molecule has 0 aromatic carbocycles. The van der Waals surface area contributed by atoms with Gasteiger partial charge in [0.05, 0.1) is 6.17 Å². The van der Waals surface area contributed by atoms with Gasteiger partial charge in [0.1, 0.15) is 17.2 Å². The summed E-state index contributed by atoms with van der Waals surface area (Å²) in [5.41, 5.74) is 0. The van der Waals surface area contributed by atoms with Gasteiger partial charge in [-0.3, -0.25) is 28.3 Å². The smallest absolute Gasteiger partial charge is 0.274 e. The highest BCUT2D eigenvalue weighted by atomic mass is 32.2. The molecule has 10 N–H and O–H groups in total. The van der Waals surface area contributed by atoms with Crippen molar-refractivity contribution >= 4 is 50.2 Å². The average Bonchev–Trinajstić information content (AvgIpc) is 2.86. The summed E-state index contributed by atoms with van der Waals surface area (Å²) in [5, 5.41) is 8.69. The van der Waals surface area contributed by atoms with Crippen LogP contribution < -0.4 is 27.4 Å². The van der Waals surface area contributed by atoms with Crippen LogP contribution in [0.5, 0.6) is 0 Å². The number of carbonyl (C=O) groups is 5. The lowest BCUT2D eigenvalue weighted by Crippen LogP contribution is -2.61. The third-order valence-electron chi connectivity index (χ3n) is 4.72.